The minimum Gasteiger partial charge on any atom is -0.438 e. The molecule has 3 nitrogen and oxygen atoms in total. The summed E-state index contributed by atoms with van der Waals surface area (Å²) in [6, 6.07) is 8.34. The van der Waals surface area contributed by atoms with Crippen LogP contribution in [-0.4, -0.2) is 11.0 Å². The van der Waals surface area contributed by atoms with Gasteiger partial charge < -0.3 is 10.5 Å². The van der Waals surface area contributed by atoms with Crippen LogP contribution in [0, 0.1) is 0 Å². The van der Waals surface area contributed by atoms with Gasteiger partial charge in [0, 0.05) is 12.2 Å². The third-order valence-corrected chi connectivity index (χ3v) is 4.52. The SMILES string of the molecule is NC1CCC(=Cc2cccc(Oc3ncc(C(F)(F)F)cc3Cl)c2)CC1. The maximum atomic E-state index is 12.7. The Kier molecular flexibility index (Phi) is 5.53. The van der Waals surface area contributed by atoms with Crippen molar-refractivity contribution in [3.8, 4) is 11.6 Å². The van der Waals surface area contributed by atoms with Gasteiger partial charge in [-0.05, 0) is 49.4 Å². The number of nitrogens with two attached hydrogens (primary N) is 1. The first kappa shape index (κ1) is 18.7. The van der Waals surface area contributed by atoms with Gasteiger partial charge in [0.15, 0.2) is 0 Å². The Hall–Kier alpha value is -2.05. The van der Waals surface area contributed by atoms with E-state index < -0.39 is 11.7 Å². The zero-order valence-electron chi connectivity index (χ0n) is 13.9. The van der Waals surface area contributed by atoms with Crippen molar-refractivity contribution in [1.82, 2.24) is 4.98 Å². The standard InChI is InChI=1S/C19H18ClF3N2O/c20-17-10-14(19(21,22)23)11-25-18(17)26-16-3-1-2-13(9-16)8-12-4-6-15(24)7-5-12/h1-3,8-11,15H,4-7,24H2. The quantitative estimate of drug-likeness (QED) is 0.726. The lowest BCUT2D eigenvalue weighted by atomic mass is 9.90. The lowest BCUT2D eigenvalue weighted by molar-refractivity contribution is -0.137. The van der Waals surface area contributed by atoms with E-state index in [4.69, 9.17) is 22.1 Å². The summed E-state index contributed by atoms with van der Waals surface area (Å²) in [5.74, 6) is 0.397. The molecule has 1 aromatic heterocycles. The van der Waals surface area contributed by atoms with Crippen molar-refractivity contribution in [2.24, 2.45) is 5.73 Å². The molecule has 1 aliphatic carbocycles. The third-order valence-electron chi connectivity index (χ3n) is 4.25. The molecule has 2 aromatic rings. The number of benzene rings is 1. The number of aromatic nitrogens is 1. The van der Waals surface area contributed by atoms with Crippen molar-refractivity contribution in [3.05, 3.63) is 58.3 Å². The van der Waals surface area contributed by atoms with Gasteiger partial charge in [-0.25, -0.2) is 4.98 Å². The summed E-state index contributed by atoms with van der Waals surface area (Å²) < 4.78 is 43.6. The summed E-state index contributed by atoms with van der Waals surface area (Å²) in [4.78, 5) is 3.69. The van der Waals surface area contributed by atoms with E-state index in [2.05, 4.69) is 11.1 Å². The van der Waals surface area contributed by atoms with Gasteiger partial charge >= 0.3 is 6.18 Å². The molecule has 26 heavy (non-hydrogen) atoms. The lowest BCUT2D eigenvalue weighted by Crippen LogP contribution is -2.23. The van der Waals surface area contributed by atoms with Crippen LogP contribution in [0.2, 0.25) is 5.02 Å². The number of halogens is 4. The van der Waals surface area contributed by atoms with E-state index >= 15 is 0 Å². The Bertz CT molecular complexity index is 811. The van der Waals surface area contributed by atoms with Crippen LogP contribution in [0.3, 0.4) is 0 Å². The zero-order valence-corrected chi connectivity index (χ0v) is 14.6. The van der Waals surface area contributed by atoms with Gasteiger partial charge in [-0.1, -0.05) is 35.4 Å². The van der Waals surface area contributed by atoms with Crippen LogP contribution in [-0.2, 0) is 6.18 Å². The van der Waals surface area contributed by atoms with E-state index in [9.17, 15) is 13.2 Å². The molecule has 0 saturated heterocycles. The molecule has 0 aliphatic heterocycles. The fourth-order valence-electron chi connectivity index (χ4n) is 2.83. The molecule has 3 rings (SSSR count). The van der Waals surface area contributed by atoms with Crippen LogP contribution in [0.4, 0.5) is 13.2 Å². The highest BCUT2D eigenvalue weighted by Gasteiger charge is 2.31. The van der Waals surface area contributed by atoms with E-state index in [0.29, 0.717) is 11.9 Å². The molecule has 138 valence electrons. The second kappa shape index (κ2) is 7.68. The van der Waals surface area contributed by atoms with Crippen molar-refractivity contribution >= 4 is 17.7 Å². The number of allylic oxidation sites excluding steroid dienone is 1. The predicted molar refractivity (Wildman–Crippen MR) is 95.2 cm³/mol. The van der Waals surface area contributed by atoms with Crippen molar-refractivity contribution in [1.29, 1.82) is 0 Å². The van der Waals surface area contributed by atoms with Gasteiger partial charge in [0.1, 0.15) is 10.8 Å². The van der Waals surface area contributed by atoms with Crippen molar-refractivity contribution < 1.29 is 17.9 Å². The van der Waals surface area contributed by atoms with Gasteiger partial charge in [-0.2, -0.15) is 13.2 Å². The summed E-state index contributed by atoms with van der Waals surface area (Å²) in [5, 5.41) is -0.190. The minimum atomic E-state index is -4.50. The van der Waals surface area contributed by atoms with Gasteiger partial charge in [-0.3, -0.25) is 0 Å². The Labute approximate surface area is 154 Å². The van der Waals surface area contributed by atoms with Crippen LogP contribution in [0.5, 0.6) is 11.6 Å². The summed E-state index contributed by atoms with van der Waals surface area (Å²) in [6.45, 7) is 0. The number of hydrogen-bond donors (Lipinski definition) is 1. The number of nitrogens with zero attached hydrogens (tertiary/aromatic N) is 1. The highest BCUT2D eigenvalue weighted by atomic mass is 35.5. The highest BCUT2D eigenvalue weighted by Crippen LogP contribution is 2.35. The fourth-order valence-corrected chi connectivity index (χ4v) is 3.03. The Morgan fingerprint density at radius 3 is 2.58 bits per heavy atom. The van der Waals surface area contributed by atoms with Crippen molar-refractivity contribution in [2.75, 3.05) is 0 Å². The molecule has 2 N–H and O–H groups in total. The van der Waals surface area contributed by atoms with Gasteiger partial charge in [0.25, 0.3) is 0 Å². The first-order valence-corrected chi connectivity index (χ1v) is 8.65. The predicted octanol–water partition coefficient (Wildman–Crippen LogP) is 5.83. The van der Waals surface area contributed by atoms with E-state index in [1.54, 1.807) is 12.1 Å². The highest BCUT2D eigenvalue weighted by molar-refractivity contribution is 6.31. The first-order valence-electron chi connectivity index (χ1n) is 8.27. The number of rotatable bonds is 3. The Balaban J connectivity index is 1.76. The second-order valence-corrected chi connectivity index (χ2v) is 6.73. The Morgan fingerprint density at radius 2 is 1.92 bits per heavy atom. The molecule has 1 heterocycles. The number of pyridine rings is 1. The smallest absolute Gasteiger partial charge is 0.417 e. The molecular weight excluding hydrogens is 365 g/mol. The molecule has 1 saturated carbocycles. The van der Waals surface area contributed by atoms with E-state index in [0.717, 1.165) is 37.3 Å². The minimum absolute atomic E-state index is 0.0619. The number of alkyl halides is 3. The summed E-state index contributed by atoms with van der Waals surface area (Å²) in [6.07, 6.45) is 2.21. The Morgan fingerprint density at radius 1 is 1.19 bits per heavy atom. The number of ether oxygens (including phenoxy) is 1. The molecule has 1 aliphatic rings. The monoisotopic (exact) mass is 382 g/mol. The lowest BCUT2D eigenvalue weighted by Gasteiger charge is -2.20. The topological polar surface area (TPSA) is 48.1 Å². The maximum Gasteiger partial charge on any atom is 0.417 e. The van der Waals surface area contributed by atoms with Gasteiger partial charge in [0.2, 0.25) is 5.88 Å². The molecule has 0 unspecified atom stereocenters. The summed E-state index contributed by atoms with van der Waals surface area (Å²) in [7, 11) is 0. The summed E-state index contributed by atoms with van der Waals surface area (Å²) >= 11 is 5.88. The molecule has 1 aromatic carbocycles. The molecule has 0 radical (unpaired) electrons. The fraction of sp³-hybridized carbons (Fsp3) is 0.316. The van der Waals surface area contributed by atoms with Crippen molar-refractivity contribution in [2.45, 2.75) is 37.9 Å². The largest absolute Gasteiger partial charge is 0.438 e. The zero-order chi connectivity index (χ0) is 18.7. The van der Waals surface area contributed by atoms with Gasteiger partial charge in [-0.15, -0.1) is 0 Å². The maximum absolute atomic E-state index is 12.7. The van der Waals surface area contributed by atoms with E-state index in [1.165, 1.54) is 5.57 Å². The number of hydrogen-bond acceptors (Lipinski definition) is 3. The van der Waals surface area contributed by atoms with Gasteiger partial charge in [0.05, 0.1) is 5.56 Å². The van der Waals surface area contributed by atoms with E-state index in [-0.39, 0.29) is 16.9 Å². The van der Waals surface area contributed by atoms with Crippen LogP contribution in [0.25, 0.3) is 6.08 Å². The first-order chi connectivity index (χ1) is 12.3. The molecule has 7 heteroatoms. The van der Waals surface area contributed by atoms with Crippen molar-refractivity contribution in [3.63, 3.8) is 0 Å². The van der Waals surface area contributed by atoms with Crippen LogP contribution in [0.1, 0.15) is 36.8 Å². The molecule has 1 fully saturated rings. The van der Waals surface area contributed by atoms with Crippen LogP contribution >= 0.6 is 11.6 Å². The molecule has 0 amide bonds. The summed E-state index contributed by atoms with van der Waals surface area (Å²) in [5.41, 5.74) is 7.28. The van der Waals surface area contributed by atoms with Crippen LogP contribution < -0.4 is 10.5 Å². The molecule has 0 bridgehead atoms. The average molecular weight is 383 g/mol. The third kappa shape index (κ3) is 4.77. The average Bonchev–Trinajstić information content (AvgIpc) is 2.58. The van der Waals surface area contributed by atoms with E-state index in [1.807, 2.05) is 12.1 Å². The van der Waals surface area contributed by atoms with Crippen LogP contribution in [0.15, 0.2) is 42.1 Å². The normalized spacial score (nSPS) is 17.9. The molecule has 0 atom stereocenters. The molecular formula is C19H18ClF3N2O. The molecule has 0 spiro atoms. The second-order valence-electron chi connectivity index (χ2n) is 6.32.